The van der Waals surface area contributed by atoms with Gasteiger partial charge in [-0.05, 0) is 24.3 Å². The summed E-state index contributed by atoms with van der Waals surface area (Å²) < 4.78 is 15.5. The monoisotopic (exact) mass is 305 g/mol. The van der Waals surface area contributed by atoms with Crippen molar-refractivity contribution >= 4 is 17.9 Å². The van der Waals surface area contributed by atoms with Crippen molar-refractivity contribution in [3.63, 3.8) is 0 Å². The quantitative estimate of drug-likeness (QED) is 0.755. The fourth-order valence-corrected chi connectivity index (χ4v) is 5.21. The van der Waals surface area contributed by atoms with E-state index in [1.165, 1.54) is 0 Å². The van der Waals surface area contributed by atoms with E-state index < -0.39 is 7.29 Å². The lowest BCUT2D eigenvalue weighted by molar-refractivity contribution is 0.218. The average molecular weight is 305 g/mol. The topological polar surface area (TPSA) is 60.8 Å². The molecule has 0 saturated carbocycles. The molecule has 0 amide bonds. The predicted octanol–water partition coefficient (Wildman–Crippen LogP) is 1.20. The van der Waals surface area contributed by atoms with Gasteiger partial charge in [0.1, 0.15) is 0 Å². The van der Waals surface area contributed by atoms with Crippen molar-refractivity contribution < 1.29 is 14.8 Å². The second-order valence-electron chi connectivity index (χ2n) is 4.65. The lowest BCUT2D eigenvalue weighted by Gasteiger charge is -2.31. The first-order valence-corrected chi connectivity index (χ1v) is 8.58. The lowest BCUT2D eigenvalue weighted by atomic mass is 10.4. The van der Waals surface area contributed by atoms with Crippen molar-refractivity contribution in [3.05, 3.63) is 60.7 Å². The summed E-state index contributed by atoms with van der Waals surface area (Å²) in [6.45, 7) is 0.288. The van der Waals surface area contributed by atoms with Crippen LogP contribution in [0, 0.1) is 0 Å². The first-order valence-electron chi connectivity index (χ1n) is 6.92. The summed E-state index contributed by atoms with van der Waals surface area (Å²) in [6.07, 6.45) is 0. The number of aliphatic hydroxyl groups is 2. The molecule has 0 aliphatic heterocycles. The van der Waals surface area contributed by atoms with Crippen LogP contribution in [0.1, 0.15) is 0 Å². The minimum absolute atomic E-state index is 0.107. The zero-order chi connectivity index (χ0) is 15.1. The maximum absolute atomic E-state index is 13.8. The SMILES string of the molecule is O=P(c1ccccc1)(c1ccccc1)N(CCO)CCO. The van der Waals surface area contributed by atoms with Crippen molar-refractivity contribution in [2.45, 2.75) is 0 Å². The number of nitrogens with zero attached hydrogens (tertiary/aromatic N) is 1. The van der Waals surface area contributed by atoms with E-state index in [4.69, 9.17) is 0 Å². The molecule has 2 aromatic carbocycles. The summed E-state index contributed by atoms with van der Waals surface area (Å²) in [7, 11) is -3.05. The van der Waals surface area contributed by atoms with Crippen LogP contribution < -0.4 is 10.6 Å². The van der Waals surface area contributed by atoms with E-state index in [0.29, 0.717) is 10.6 Å². The molecule has 0 fully saturated rings. The highest BCUT2D eigenvalue weighted by Gasteiger charge is 2.33. The average Bonchev–Trinajstić information content (AvgIpc) is 2.55. The molecule has 4 nitrogen and oxygen atoms in total. The molecule has 0 unspecified atom stereocenters. The highest BCUT2D eigenvalue weighted by Crippen LogP contribution is 2.46. The van der Waals surface area contributed by atoms with E-state index in [1.54, 1.807) is 4.67 Å². The Labute approximate surface area is 125 Å². The van der Waals surface area contributed by atoms with Crippen molar-refractivity contribution in [1.29, 1.82) is 0 Å². The van der Waals surface area contributed by atoms with Crippen LogP contribution in [0.5, 0.6) is 0 Å². The molecule has 112 valence electrons. The van der Waals surface area contributed by atoms with Crippen LogP contribution in [-0.4, -0.2) is 41.2 Å². The largest absolute Gasteiger partial charge is 0.395 e. The summed E-state index contributed by atoms with van der Waals surface area (Å²) in [5, 5.41) is 20.0. The third-order valence-electron chi connectivity index (χ3n) is 3.33. The van der Waals surface area contributed by atoms with Crippen LogP contribution >= 0.6 is 7.29 Å². The second kappa shape index (κ2) is 7.53. The van der Waals surface area contributed by atoms with Crippen molar-refractivity contribution in [2.24, 2.45) is 0 Å². The van der Waals surface area contributed by atoms with Gasteiger partial charge in [-0.2, -0.15) is 0 Å². The van der Waals surface area contributed by atoms with Gasteiger partial charge in [0.25, 0.3) is 0 Å². The molecule has 0 saturated heterocycles. The van der Waals surface area contributed by atoms with E-state index in [1.807, 2.05) is 60.7 Å². The molecule has 0 aliphatic rings. The van der Waals surface area contributed by atoms with Gasteiger partial charge in [-0.15, -0.1) is 0 Å². The van der Waals surface area contributed by atoms with Crippen LogP contribution in [0.25, 0.3) is 0 Å². The molecular weight excluding hydrogens is 285 g/mol. The number of hydrogen-bond acceptors (Lipinski definition) is 3. The van der Waals surface area contributed by atoms with Gasteiger partial charge >= 0.3 is 0 Å². The Morgan fingerprint density at radius 1 is 0.762 bits per heavy atom. The molecule has 0 aromatic heterocycles. The molecule has 2 rings (SSSR count). The van der Waals surface area contributed by atoms with Gasteiger partial charge in [-0.1, -0.05) is 36.4 Å². The van der Waals surface area contributed by atoms with E-state index in [2.05, 4.69) is 0 Å². The molecule has 21 heavy (non-hydrogen) atoms. The zero-order valence-corrected chi connectivity index (χ0v) is 12.7. The van der Waals surface area contributed by atoms with Crippen LogP contribution in [0.4, 0.5) is 0 Å². The molecule has 0 radical (unpaired) electrons. The number of hydrogen-bond donors (Lipinski definition) is 2. The minimum Gasteiger partial charge on any atom is -0.395 e. The normalized spacial score (nSPS) is 11.8. The van der Waals surface area contributed by atoms with Crippen LogP contribution in [0.3, 0.4) is 0 Å². The van der Waals surface area contributed by atoms with Gasteiger partial charge in [-0.3, -0.25) is 4.57 Å². The third-order valence-corrected chi connectivity index (χ3v) is 6.52. The van der Waals surface area contributed by atoms with Gasteiger partial charge < -0.3 is 10.2 Å². The molecule has 0 aliphatic carbocycles. The summed E-state index contributed by atoms with van der Waals surface area (Å²) in [6, 6.07) is 18.5. The van der Waals surface area contributed by atoms with Crippen molar-refractivity contribution in [2.75, 3.05) is 26.3 Å². The number of aliphatic hydroxyl groups excluding tert-OH is 2. The zero-order valence-electron chi connectivity index (χ0n) is 11.8. The van der Waals surface area contributed by atoms with E-state index in [9.17, 15) is 14.8 Å². The highest BCUT2D eigenvalue weighted by molar-refractivity contribution is 7.76. The Morgan fingerprint density at radius 2 is 1.14 bits per heavy atom. The Balaban J connectivity index is 2.56. The molecule has 5 heteroatoms. The summed E-state index contributed by atoms with van der Waals surface area (Å²) in [4.78, 5) is 0. The standard InChI is InChI=1S/C16H20NO3P/c18-13-11-17(12-14-19)21(20,15-7-3-1-4-8-15)16-9-5-2-6-10-16/h1-10,18-19H,11-14H2. The predicted molar refractivity (Wildman–Crippen MR) is 85.5 cm³/mol. The molecule has 0 spiro atoms. The van der Waals surface area contributed by atoms with Gasteiger partial charge in [-0.25, -0.2) is 4.67 Å². The maximum atomic E-state index is 13.8. The first-order chi connectivity index (χ1) is 10.2. The third kappa shape index (κ3) is 3.42. The van der Waals surface area contributed by atoms with Crippen molar-refractivity contribution in [1.82, 2.24) is 4.67 Å². The van der Waals surface area contributed by atoms with Gasteiger partial charge in [0.15, 0.2) is 0 Å². The fourth-order valence-electron chi connectivity index (χ4n) is 2.36. The lowest BCUT2D eigenvalue weighted by Crippen LogP contribution is -2.36. The number of benzene rings is 2. The van der Waals surface area contributed by atoms with Crippen LogP contribution in [-0.2, 0) is 4.57 Å². The van der Waals surface area contributed by atoms with Crippen LogP contribution in [0.2, 0.25) is 0 Å². The maximum Gasteiger partial charge on any atom is 0.207 e. The summed E-state index contributed by atoms with van der Waals surface area (Å²) in [5.41, 5.74) is 0. The Bertz CT molecular complexity index is 539. The van der Waals surface area contributed by atoms with Crippen LogP contribution in [0.15, 0.2) is 60.7 Å². The molecule has 0 bridgehead atoms. The van der Waals surface area contributed by atoms with Gasteiger partial charge in [0.05, 0.1) is 13.2 Å². The highest BCUT2D eigenvalue weighted by atomic mass is 31.2. The van der Waals surface area contributed by atoms with Gasteiger partial charge in [0.2, 0.25) is 7.29 Å². The Hall–Kier alpha value is -1.45. The minimum atomic E-state index is -3.05. The molecular formula is C16H20NO3P. The molecule has 2 N–H and O–H groups in total. The van der Waals surface area contributed by atoms with Crippen molar-refractivity contribution in [3.8, 4) is 0 Å². The first kappa shape index (κ1) is 15.9. The van der Waals surface area contributed by atoms with Gasteiger partial charge in [0, 0.05) is 23.7 Å². The Kier molecular flexibility index (Phi) is 5.71. The second-order valence-corrected chi connectivity index (χ2v) is 7.40. The Morgan fingerprint density at radius 3 is 1.48 bits per heavy atom. The number of rotatable bonds is 7. The fraction of sp³-hybridized carbons (Fsp3) is 0.250. The van der Waals surface area contributed by atoms with E-state index in [0.717, 1.165) is 0 Å². The molecule has 2 aromatic rings. The smallest absolute Gasteiger partial charge is 0.207 e. The summed E-state index contributed by atoms with van der Waals surface area (Å²) in [5.74, 6) is 0. The summed E-state index contributed by atoms with van der Waals surface area (Å²) >= 11 is 0. The van der Waals surface area contributed by atoms with E-state index in [-0.39, 0.29) is 26.3 Å². The van der Waals surface area contributed by atoms with E-state index >= 15 is 0 Å². The molecule has 0 atom stereocenters. The molecule has 0 heterocycles.